The summed E-state index contributed by atoms with van der Waals surface area (Å²) < 4.78 is 19.4. The van der Waals surface area contributed by atoms with Gasteiger partial charge in [-0.15, -0.1) is 0 Å². The van der Waals surface area contributed by atoms with Crippen molar-refractivity contribution >= 4 is 11.0 Å². The lowest BCUT2D eigenvalue weighted by Crippen LogP contribution is -2.35. The predicted octanol–water partition coefficient (Wildman–Crippen LogP) is 2.25. The average molecular weight is 270 g/mol. The zero-order valence-electron chi connectivity index (χ0n) is 11.7. The highest BCUT2D eigenvalue weighted by atomic mass is 32.2. The molecular formula is C13H22N2O2S. The smallest absolute Gasteiger partial charge is 0.212 e. The largest absolute Gasteiger partial charge is 0.481 e. The summed E-state index contributed by atoms with van der Waals surface area (Å²) in [6.07, 6.45) is 2.65. The quantitative estimate of drug-likeness (QED) is 0.862. The molecule has 0 fully saturated rings. The molecule has 1 N–H and O–H groups in total. The third kappa shape index (κ3) is 3.78. The third-order valence-electron chi connectivity index (χ3n) is 3.02. The van der Waals surface area contributed by atoms with Gasteiger partial charge in [0.1, 0.15) is 0 Å². The number of pyridine rings is 1. The lowest BCUT2D eigenvalue weighted by Gasteiger charge is -2.26. The fraction of sp³-hybridized carbons (Fsp3) is 0.615. The molecule has 1 aromatic heterocycles. The van der Waals surface area contributed by atoms with Crippen molar-refractivity contribution in [2.24, 2.45) is 0 Å². The number of rotatable bonds is 6. The van der Waals surface area contributed by atoms with E-state index in [4.69, 9.17) is 4.74 Å². The summed E-state index contributed by atoms with van der Waals surface area (Å²) in [5.74, 6) is 0.916. The van der Waals surface area contributed by atoms with Gasteiger partial charge >= 0.3 is 0 Å². The van der Waals surface area contributed by atoms with E-state index in [2.05, 4.69) is 16.6 Å². The van der Waals surface area contributed by atoms with Crippen LogP contribution in [0.25, 0.3) is 0 Å². The molecule has 0 saturated heterocycles. The van der Waals surface area contributed by atoms with Crippen molar-refractivity contribution in [1.29, 1.82) is 0 Å². The van der Waals surface area contributed by atoms with E-state index in [1.54, 1.807) is 14.2 Å². The Labute approximate surface area is 112 Å². The molecule has 1 unspecified atom stereocenters. The van der Waals surface area contributed by atoms with Gasteiger partial charge in [0.05, 0.1) is 22.8 Å². The Bertz CT molecular complexity index is 404. The van der Waals surface area contributed by atoms with Crippen LogP contribution in [0, 0.1) is 0 Å². The molecule has 102 valence electrons. The molecule has 0 radical (unpaired) electrons. The Morgan fingerprint density at radius 3 is 2.61 bits per heavy atom. The van der Waals surface area contributed by atoms with Crippen LogP contribution in [0.15, 0.2) is 18.3 Å². The number of nitrogens with zero attached hydrogens (tertiary/aromatic N) is 1. The molecule has 0 amide bonds. The SMILES string of the molecule is CNS(=O)C(C)(C)C[C@H](C)c1ccc(OC)nc1. The van der Waals surface area contributed by atoms with Crippen molar-refractivity contribution in [3.8, 4) is 5.88 Å². The van der Waals surface area contributed by atoms with E-state index in [0.29, 0.717) is 11.8 Å². The molecule has 18 heavy (non-hydrogen) atoms. The second-order valence-corrected chi connectivity index (χ2v) is 7.02. The van der Waals surface area contributed by atoms with Crippen molar-refractivity contribution in [3.63, 3.8) is 0 Å². The van der Waals surface area contributed by atoms with Gasteiger partial charge in [-0.05, 0) is 38.8 Å². The Balaban J connectivity index is 2.75. The topological polar surface area (TPSA) is 51.2 Å². The van der Waals surface area contributed by atoms with E-state index >= 15 is 0 Å². The second kappa shape index (κ2) is 6.29. The number of aromatic nitrogens is 1. The van der Waals surface area contributed by atoms with Crippen LogP contribution in [0.5, 0.6) is 5.88 Å². The highest BCUT2D eigenvalue weighted by Gasteiger charge is 2.28. The molecule has 2 atom stereocenters. The van der Waals surface area contributed by atoms with Gasteiger partial charge in [0.15, 0.2) is 0 Å². The van der Waals surface area contributed by atoms with Gasteiger partial charge in [-0.25, -0.2) is 13.9 Å². The van der Waals surface area contributed by atoms with E-state index in [-0.39, 0.29) is 4.75 Å². The molecule has 0 aliphatic carbocycles. The van der Waals surface area contributed by atoms with Crippen molar-refractivity contribution in [2.75, 3.05) is 14.2 Å². The first-order chi connectivity index (χ1) is 8.40. The fourth-order valence-corrected chi connectivity index (χ4v) is 2.97. The molecule has 0 saturated carbocycles. The molecule has 1 rings (SSSR count). The first-order valence-corrected chi connectivity index (χ1v) is 7.15. The minimum atomic E-state index is -1.03. The van der Waals surface area contributed by atoms with Gasteiger partial charge in [-0.2, -0.15) is 0 Å². The van der Waals surface area contributed by atoms with Crippen LogP contribution in [-0.2, 0) is 11.0 Å². The molecule has 0 bridgehead atoms. The Morgan fingerprint density at radius 2 is 2.17 bits per heavy atom. The zero-order chi connectivity index (χ0) is 13.8. The normalized spacial score (nSPS) is 15.2. The second-order valence-electron chi connectivity index (χ2n) is 4.97. The standard InChI is InChI=1S/C13H22N2O2S/c1-10(8-13(2,3)18(16)14-4)11-6-7-12(17-5)15-9-11/h6-7,9-10,14H,8H2,1-5H3/t10-,18?/m0/s1. The molecule has 0 aliphatic rings. The van der Waals surface area contributed by atoms with Crippen molar-refractivity contribution < 1.29 is 8.95 Å². The first-order valence-electron chi connectivity index (χ1n) is 6.00. The Hall–Kier alpha value is -0.940. The summed E-state index contributed by atoms with van der Waals surface area (Å²) in [4.78, 5) is 4.20. The lowest BCUT2D eigenvalue weighted by atomic mass is 9.92. The Kier molecular flexibility index (Phi) is 5.28. The van der Waals surface area contributed by atoms with E-state index < -0.39 is 11.0 Å². The molecule has 1 heterocycles. The molecule has 4 nitrogen and oxygen atoms in total. The molecule has 1 aromatic rings. The Morgan fingerprint density at radius 1 is 1.50 bits per heavy atom. The van der Waals surface area contributed by atoms with Gasteiger partial charge in [0, 0.05) is 12.3 Å². The summed E-state index contributed by atoms with van der Waals surface area (Å²) in [7, 11) is 2.29. The third-order valence-corrected chi connectivity index (χ3v) is 4.56. The number of nitrogens with one attached hydrogen (secondary N) is 1. The predicted molar refractivity (Wildman–Crippen MR) is 75.1 cm³/mol. The lowest BCUT2D eigenvalue weighted by molar-refractivity contribution is 0.397. The van der Waals surface area contributed by atoms with Gasteiger partial charge in [0.2, 0.25) is 5.88 Å². The number of hydrogen-bond acceptors (Lipinski definition) is 3. The van der Waals surface area contributed by atoms with Gasteiger partial charge in [0.25, 0.3) is 0 Å². The van der Waals surface area contributed by atoms with Gasteiger partial charge in [-0.1, -0.05) is 13.0 Å². The van der Waals surface area contributed by atoms with Crippen LogP contribution in [0.3, 0.4) is 0 Å². The summed E-state index contributed by atoms with van der Waals surface area (Å²) >= 11 is 0. The number of ether oxygens (including phenoxy) is 1. The van der Waals surface area contributed by atoms with Crippen molar-refractivity contribution in [3.05, 3.63) is 23.9 Å². The number of methoxy groups -OCH3 is 1. The maximum atomic E-state index is 11.9. The van der Waals surface area contributed by atoms with Crippen LogP contribution in [0.2, 0.25) is 0 Å². The van der Waals surface area contributed by atoms with Crippen LogP contribution < -0.4 is 9.46 Å². The maximum Gasteiger partial charge on any atom is 0.212 e. The summed E-state index contributed by atoms with van der Waals surface area (Å²) in [5, 5.41) is 0. The first kappa shape index (κ1) is 15.1. The van der Waals surface area contributed by atoms with Crippen LogP contribution >= 0.6 is 0 Å². The fourth-order valence-electron chi connectivity index (χ4n) is 2.01. The zero-order valence-corrected chi connectivity index (χ0v) is 12.5. The number of hydrogen-bond donors (Lipinski definition) is 1. The summed E-state index contributed by atoms with van der Waals surface area (Å²) in [6.45, 7) is 6.14. The van der Waals surface area contributed by atoms with Gasteiger partial charge < -0.3 is 4.74 Å². The highest BCUT2D eigenvalue weighted by molar-refractivity contribution is 7.84. The van der Waals surface area contributed by atoms with Crippen LogP contribution in [0.1, 0.15) is 38.7 Å². The molecule has 0 spiro atoms. The minimum Gasteiger partial charge on any atom is -0.481 e. The van der Waals surface area contributed by atoms with Crippen molar-refractivity contribution in [2.45, 2.75) is 37.9 Å². The molecule has 5 heteroatoms. The molecular weight excluding hydrogens is 248 g/mol. The van der Waals surface area contributed by atoms with E-state index in [1.807, 2.05) is 32.2 Å². The molecule has 0 aromatic carbocycles. The van der Waals surface area contributed by atoms with E-state index in [0.717, 1.165) is 12.0 Å². The monoisotopic (exact) mass is 270 g/mol. The molecule has 0 aliphatic heterocycles. The average Bonchev–Trinajstić information content (AvgIpc) is 2.37. The van der Waals surface area contributed by atoms with Gasteiger partial charge in [-0.3, -0.25) is 0 Å². The van der Waals surface area contributed by atoms with Crippen LogP contribution in [-0.4, -0.2) is 28.1 Å². The maximum absolute atomic E-state index is 11.9. The highest BCUT2D eigenvalue weighted by Crippen LogP contribution is 2.28. The van der Waals surface area contributed by atoms with E-state index in [1.165, 1.54) is 0 Å². The van der Waals surface area contributed by atoms with Crippen molar-refractivity contribution in [1.82, 2.24) is 9.71 Å². The summed E-state index contributed by atoms with van der Waals surface area (Å²) in [5.41, 5.74) is 1.14. The minimum absolute atomic E-state index is 0.270. The van der Waals surface area contributed by atoms with Crippen LogP contribution in [0.4, 0.5) is 0 Å². The van der Waals surface area contributed by atoms with E-state index in [9.17, 15) is 4.21 Å². The summed E-state index contributed by atoms with van der Waals surface area (Å²) in [6, 6.07) is 3.86.